The topological polar surface area (TPSA) is 95.0 Å². The summed E-state index contributed by atoms with van der Waals surface area (Å²) in [5.74, 6) is -5.14. The SMILES string of the molecule is O=C1C2CC=C3C(CC4(Cl)C(=O)N(CBr)C(=O)C4(Cl)C3c3ccccc3O)C2C(=O)N1c1ccccc1. The van der Waals surface area contributed by atoms with Crippen molar-refractivity contribution in [1.29, 1.82) is 0 Å². The molecule has 4 aliphatic rings. The summed E-state index contributed by atoms with van der Waals surface area (Å²) in [6.07, 6.45) is 2.02. The van der Waals surface area contributed by atoms with Gasteiger partial charge in [-0.25, -0.2) is 0 Å². The van der Waals surface area contributed by atoms with Gasteiger partial charge < -0.3 is 5.11 Å². The summed E-state index contributed by atoms with van der Waals surface area (Å²) in [5, 5.41) is 10.8. The average Bonchev–Trinajstić information content (AvgIpc) is 3.23. The number of benzene rings is 2. The number of halogens is 3. The molecule has 190 valence electrons. The van der Waals surface area contributed by atoms with E-state index in [1.807, 2.05) is 6.08 Å². The van der Waals surface area contributed by atoms with Crippen LogP contribution in [0, 0.1) is 17.8 Å². The molecule has 37 heavy (non-hydrogen) atoms. The number of phenols is 1. The number of hydrogen-bond acceptors (Lipinski definition) is 5. The molecule has 0 bridgehead atoms. The van der Waals surface area contributed by atoms with Crippen LogP contribution in [0.2, 0.25) is 0 Å². The Labute approximate surface area is 231 Å². The molecule has 2 heterocycles. The lowest BCUT2D eigenvalue weighted by Gasteiger charge is -2.50. The molecule has 2 aliphatic heterocycles. The number of fused-ring (bicyclic) bond motifs is 4. The molecule has 0 radical (unpaired) electrons. The van der Waals surface area contributed by atoms with Gasteiger partial charge in [0.05, 0.1) is 23.0 Å². The highest BCUT2D eigenvalue weighted by Gasteiger charge is 2.76. The molecular weight excluding hydrogens is 583 g/mol. The van der Waals surface area contributed by atoms with Gasteiger partial charge in [0.1, 0.15) is 5.75 Å². The van der Waals surface area contributed by atoms with Crippen LogP contribution in [0.3, 0.4) is 0 Å². The molecule has 6 atom stereocenters. The first-order valence-corrected chi connectivity index (χ1v) is 13.8. The fourth-order valence-electron chi connectivity index (χ4n) is 6.66. The van der Waals surface area contributed by atoms with Gasteiger partial charge in [-0.15, -0.1) is 23.2 Å². The minimum Gasteiger partial charge on any atom is -0.508 e. The maximum absolute atomic E-state index is 13.8. The molecule has 1 N–H and O–H groups in total. The molecular formula is C27H21BrCl2N2O5. The van der Waals surface area contributed by atoms with Crippen LogP contribution >= 0.6 is 39.1 Å². The molecule has 2 saturated heterocycles. The lowest BCUT2D eigenvalue weighted by atomic mass is 9.56. The first-order chi connectivity index (χ1) is 17.7. The van der Waals surface area contributed by atoms with Gasteiger partial charge in [-0.3, -0.25) is 29.0 Å². The minimum atomic E-state index is -1.93. The maximum atomic E-state index is 13.8. The third kappa shape index (κ3) is 3.06. The maximum Gasteiger partial charge on any atom is 0.254 e. The second-order valence-corrected chi connectivity index (χ2v) is 11.6. The molecule has 7 nitrogen and oxygen atoms in total. The van der Waals surface area contributed by atoms with Crippen LogP contribution in [-0.4, -0.2) is 48.8 Å². The minimum absolute atomic E-state index is 0.0924. The summed E-state index contributed by atoms with van der Waals surface area (Å²) < 4.78 is 0. The third-order valence-electron chi connectivity index (χ3n) is 8.28. The Kier molecular flexibility index (Phi) is 5.60. The van der Waals surface area contributed by atoms with E-state index < -0.39 is 45.2 Å². The van der Waals surface area contributed by atoms with E-state index >= 15 is 0 Å². The van der Waals surface area contributed by atoms with Crippen molar-refractivity contribution >= 4 is 68.4 Å². The molecule has 3 fully saturated rings. The molecule has 0 spiro atoms. The van der Waals surface area contributed by atoms with E-state index in [0.717, 1.165) is 4.90 Å². The molecule has 0 aromatic heterocycles. The number of rotatable bonds is 3. The predicted molar refractivity (Wildman–Crippen MR) is 140 cm³/mol. The number of nitrogens with zero attached hydrogens (tertiary/aromatic N) is 2. The van der Waals surface area contributed by atoms with Crippen molar-refractivity contribution < 1.29 is 24.3 Å². The number of amides is 4. The second kappa shape index (κ2) is 8.41. The van der Waals surface area contributed by atoms with Gasteiger partial charge in [-0.05, 0) is 37.0 Å². The number of hydrogen-bond donors (Lipinski definition) is 1. The molecule has 2 aromatic rings. The highest BCUT2D eigenvalue weighted by molar-refractivity contribution is 9.09. The van der Waals surface area contributed by atoms with Crippen LogP contribution < -0.4 is 4.90 Å². The number of carbonyl (C=O) groups excluding carboxylic acids is 4. The van der Waals surface area contributed by atoms with Gasteiger partial charge >= 0.3 is 0 Å². The Balaban J connectivity index is 1.54. The van der Waals surface area contributed by atoms with Crippen LogP contribution in [0.25, 0.3) is 0 Å². The Morgan fingerprint density at radius 2 is 1.59 bits per heavy atom. The number of anilines is 1. The largest absolute Gasteiger partial charge is 0.508 e. The number of para-hydroxylation sites is 2. The number of allylic oxidation sites excluding steroid dienone is 2. The zero-order valence-corrected chi connectivity index (χ0v) is 22.4. The molecule has 10 heteroatoms. The molecule has 4 amide bonds. The average molecular weight is 604 g/mol. The predicted octanol–water partition coefficient (Wildman–Crippen LogP) is 4.31. The molecule has 6 rings (SSSR count). The van der Waals surface area contributed by atoms with Gasteiger partial charge in [0.2, 0.25) is 11.8 Å². The Morgan fingerprint density at radius 1 is 0.919 bits per heavy atom. The van der Waals surface area contributed by atoms with E-state index in [1.54, 1.807) is 48.5 Å². The first-order valence-electron chi connectivity index (χ1n) is 11.9. The number of phenolic OH excluding ortho intramolecular Hbond substituents is 1. The highest BCUT2D eigenvalue weighted by atomic mass is 79.9. The fourth-order valence-corrected chi connectivity index (χ4v) is 8.08. The Morgan fingerprint density at radius 3 is 2.27 bits per heavy atom. The van der Waals surface area contributed by atoms with Crippen molar-refractivity contribution in [3.8, 4) is 5.75 Å². The smallest absolute Gasteiger partial charge is 0.254 e. The number of carbonyl (C=O) groups is 4. The Bertz CT molecular complexity index is 1400. The first kappa shape index (κ1) is 24.6. The van der Waals surface area contributed by atoms with Gasteiger partial charge in [0.25, 0.3) is 11.8 Å². The van der Waals surface area contributed by atoms with Crippen LogP contribution in [-0.2, 0) is 19.2 Å². The highest BCUT2D eigenvalue weighted by Crippen LogP contribution is 2.66. The van der Waals surface area contributed by atoms with Crippen molar-refractivity contribution in [3.05, 3.63) is 71.8 Å². The number of likely N-dealkylation sites (tertiary alicyclic amines) is 1. The molecule has 6 unspecified atom stereocenters. The zero-order chi connectivity index (χ0) is 26.3. The quantitative estimate of drug-likeness (QED) is 0.244. The van der Waals surface area contributed by atoms with Gasteiger partial charge in [0, 0.05) is 11.5 Å². The summed E-state index contributed by atoms with van der Waals surface area (Å²) in [6, 6.07) is 15.2. The lowest BCUT2D eigenvalue weighted by molar-refractivity contribution is -0.138. The van der Waals surface area contributed by atoms with Crippen LogP contribution in [0.15, 0.2) is 66.2 Å². The summed E-state index contributed by atoms with van der Waals surface area (Å²) in [7, 11) is 0. The number of aromatic hydroxyl groups is 1. The van der Waals surface area contributed by atoms with Crippen molar-refractivity contribution in [2.24, 2.45) is 17.8 Å². The summed E-state index contributed by atoms with van der Waals surface area (Å²) in [4.78, 5) is 52.9. The van der Waals surface area contributed by atoms with Crippen LogP contribution in [0.4, 0.5) is 5.69 Å². The normalized spacial score (nSPS) is 34.8. The van der Waals surface area contributed by atoms with Crippen molar-refractivity contribution in [3.63, 3.8) is 0 Å². The van der Waals surface area contributed by atoms with Gasteiger partial charge in [-0.2, -0.15) is 0 Å². The standard InChI is InChI=1S/C27H21BrCl2N2O5/c28-13-31-24(36)26(29)12-18-15(21(27(26,30)25(31)37)16-8-4-5-9-19(16)33)10-11-17-20(18)23(35)32(22(17)34)14-6-2-1-3-7-14/h1-10,17-18,20-21,33H,11-13H2. The van der Waals surface area contributed by atoms with Crippen molar-refractivity contribution in [1.82, 2.24) is 4.90 Å². The third-order valence-corrected chi connectivity index (χ3v) is 10.2. The Hall–Kier alpha value is -2.68. The van der Waals surface area contributed by atoms with Crippen LogP contribution in [0.5, 0.6) is 5.75 Å². The summed E-state index contributed by atoms with van der Waals surface area (Å²) in [5.41, 5.74) is 1.36. The van der Waals surface area contributed by atoms with E-state index in [2.05, 4.69) is 15.9 Å². The van der Waals surface area contributed by atoms with Gasteiger partial charge in [0.15, 0.2) is 9.75 Å². The summed E-state index contributed by atoms with van der Waals surface area (Å²) >= 11 is 17.5. The number of alkyl halides is 3. The monoisotopic (exact) mass is 602 g/mol. The second-order valence-electron chi connectivity index (χ2n) is 9.89. The molecule has 1 saturated carbocycles. The van der Waals surface area contributed by atoms with E-state index in [4.69, 9.17) is 23.2 Å². The summed E-state index contributed by atoms with van der Waals surface area (Å²) in [6.45, 7) is 0. The van der Waals surface area contributed by atoms with Crippen LogP contribution in [0.1, 0.15) is 24.3 Å². The van der Waals surface area contributed by atoms with E-state index in [1.165, 1.54) is 11.0 Å². The molecule has 2 aliphatic carbocycles. The lowest BCUT2D eigenvalue weighted by Crippen LogP contribution is -2.60. The number of imide groups is 2. The zero-order valence-electron chi connectivity index (χ0n) is 19.3. The fraction of sp³-hybridized carbons (Fsp3) is 0.333. The van der Waals surface area contributed by atoms with Crippen molar-refractivity contribution in [2.45, 2.75) is 28.5 Å². The van der Waals surface area contributed by atoms with Gasteiger partial charge in [-0.1, -0.05) is 64.0 Å². The van der Waals surface area contributed by atoms with E-state index in [0.29, 0.717) is 16.8 Å². The van der Waals surface area contributed by atoms with Crippen molar-refractivity contribution in [2.75, 3.05) is 10.4 Å². The van der Waals surface area contributed by atoms with E-state index in [-0.39, 0.29) is 35.9 Å². The van der Waals surface area contributed by atoms with E-state index in [9.17, 15) is 24.3 Å². The molecule has 2 aromatic carbocycles.